The Balaban J connectivity index is 1.76. The predicted molar refractivity (Wildman–Crippen MR) is 114 cm³/mol. The molecule has 3 rings (SSSR count). The molecule has 5 nitrogen and oxygen atoms in total. The monoisotopic (exact) mass is 459 g/mol. The molecule has 0 bridgehead atoms. The van der Waals surface area contributed by atoms with Crippen molar-refractivity contribution in [1.29, 1.82) is 0 Å². The van der Waals surface area contributed by atoms with Gasteiger partial charge in [0.2, 0.25) is 17.7 Å². The highest BCUT2D eigenvalue weighted by Gasteiger charge is 2.19. The Morgan fingerprint density at radius 1 is 1.18 bits per heavy atom. The van der Waals surface area contributed by atoms with Gasteiger partial charge in [-0.25, -0.2) is 0 Å². The lowest BCUT2D eigenvalue weighted by atomic mass is 10.2. The van der Waals surface area contributed by atoms with Gasteiger partial charge in [-0.15, -0.1) is 10.2 Å². The van der Waals surface area contributed by atoms with Crippen LogP contribution in [0.4, 0.5) is 0 Å². The molecule has 7 heteroatoms. The molecule has 0 aliphatic carbocycles. The second-order valence-electron chi connectivity index (χ2n) is 6.40. The molecule has 0 aliphatic heterocycles. The van der Waals surface area contributed by atoms with Crippen molar-refractivity contribution in [3.8, 4) is 11.5 Å². The number of amides is 1. The molecule has 0 fully saturated rings. The Kier molecular flexibility index (Phi) is 6.65. The topological polar surface area (TPSA) is 59.2 Å². The average molecular weight is 461 g/mol. The summed E-state index contributed by atoms with van der Waals surface area (Å²) in [5, 5.41) is 8.66. The molecule has 0 atom stereocenters. The first-order valence-corrected chi connectivity index (χ1v) is 9.93. The van der Waals surface area contributed by atoms with Crippen LogP contribution in [-0.4, -0.2) is 27.0 Å². The summed E-state index contributed by atoms with van der Waals surface area (Å²) in [5.41, 5.74) is 1.59. The van der Waals surface area contributed by atoms with E-state index in [1.54, 1.807) is 23.1 Å². The van der Waals surface area contributed by atoms with Crippen molar-refractivity contribution < 1.29 is 9.21 Å². The SMILES string of the molecule is CC(C)N(Cc1nnc(-c2ccccc2Cl)o1)C(=O)C=Cc1ccccc1Br. The maximum Gasteiger partial charge on any atom is 0.249 e. The third kappa shape index (κ3) is 4.88. The number of aromatic nitrogens is 2. The molecule has 0 unspecified atom stereocenters. The Morgan fingerprint density at radius 2 is 1.89 bits per heavy atom. The molecular weight excluding hydrogens is 442 g/mol. The largest absolute Gasteiger partial charge is 0.419 e. The van der Waals surface area contributed by atoms with E-state index in [0.717, 1.165) is 10.0 Å². The van der Waals surface area contributed by atoms with E-state index < -0.39 is 0 Å². The van der Waals surface area contributed by atoms with Gasteiger partial charge in [0.05, 0.1) is 17.1 Å². The minimum absolute atomic E-state index is 0.0352. The molecule has 0 aliphatic rings. The molecule has 0 saturated heterocycles. The molecule has 1 aromatic heterocycles. The fourth-order valence-electron chi connectivity index (χ4n) is 2.59. The smallest absolute Gasteiger partial charge is 0.249 e. The molecule has 0 spiro atoms. The summed E-state index contributed by atoms with van der Waals surface area (Å²) in [6, 6.07) is 14.9. The molecule has 1 heterocycles. The Hall–Kier alpha value is -2.44. The molecule has 0 saturated carbocycles. The first kappa shape index (κ1) is 20.3. The van der Waals surface area contributed by atoms with Crippen LogP contribution in [-0.2, 0) is 11.3 Å². The lowest BCUT2D eigenvalue weighted by Crippen LogP contribution is -2.35. The predicted octanol–water partition coefficient (Wildman–Crippen LogP) is 5.60. The molecule has 2 aromatic carbocycles. The van der Waals surface area contributed by atoms with Crippen LogP contribution in [0.5, 0.6) is 0 Å². The van der Waals surface area contributed by atoms with Gasteiger partial charge in [-0.2, -0.15) is 0 Å². The number of rotatable bonds is 6. The zero-order chi connectivity index (χ0) is 20.1. The third-order valence-corrected chi connectivity index (χ3v) is 5.15. The Morgan fingerprint density at radius 3 is 2.61 bits per heavy atom. The number of hydrogen-bond acceptors (Lipinski definition) is 4. The Labute approximate surface area is 177 Å². The summed E-state index contributed by atoms with van der Waals surface area (Å²) in [6.45, 7) is 4.10. The zero-order valence-electron chi connectivity index (χ0n) is 15.5. The number of carbonyl (C=O) groups excluding carboxylic acids is 1. The molecule has 3 aromatic rings. The minimum Gasteiger partial charge on any atom is -0.419 e. The van der Waals surface area contributed by atoms with E-state index in [1.165, 1.54) is 0 Å². The number of benzene rings is 2. The van der Waals surface area contributed by atoms with Crippen molar-refractivity contribution in [2.45, 2.75) is 26.4 Å². The van der Waals surface area contributed by atoms with Crippen molar-refractivity contribution in [1.82, 2.24) is 15.1 Å². The fraction of sp³-hybridized carbons (Fsp3) is 0.190. The van der Waals surface area contributed by atoms with Crippen LogP contribution in [0.2, 0.25) is 5.02 Å². The van der Waals surface area contributed by atoms with Gasteiger partial charge in [0.25, 0.3) is 0 Å². The number of halogens is 2. The Bertz CT molecular complexity index is 1000. The lowest BCUT2D eigenvalue weighted by molar-refractivity contribution is -0.128. The van der Waals surface area contributed by atoms with Crippen molar-refractivity contribution in [3.63, 3.8) is 0 Å². The zero-order valence-corrected chi connectivity index (χ0v) is 17.8. The van der Waals surface area contributed by atoms with Crippen molar-refractivity contribution in [2.75, 3.05) is 0 Å². The normalized spacial score (nSPS) is 11.3. The average Bonchev–Trinajstić information content (AvgIpc) is 3.14. The summed E-state index contributed by atoms with van der Waals surface area (Å²) in [7, 11) is 0. The van der Waals surface area contributed by atoms with Crippen LogP contribution in [0, 0.1) is 0 Å². The fourth-order valence-corrected chi connectivity index (χ4v) is 3.22. The van der Waals surface area contributed by atoms with Gasteiger partial charge in [0, 0.05) is 16.6 Å². The first-order chi connectivity index (χ1) is 13.5. The van der Waals surface area contributed by atoms with E-state index in [9.17, 15) is 4.79 Å². The van der Waals surface area contributed by atoms with Gasteiger partial charge in [-0.3, -0.25) is 4.79 Å². The van der Waals surface area contributed by atoms with Crippen LogP contribution < -0.4 is 0 Å². The highest BCUT2D eigenvalue weighted by Crippen LogP contribution is 2.26. The summed E-state index contributed by atoms with van der Waals surface area (Å²) in [6.07, 6.45) is 3.33. The van der Waals surface area contributed by atoms with E-state index >= 15 is 0 Å². The molecule has 144 valence electrons. The van der Waals surface area contributed by atoms with Crippen LogP contribution in [0.1, 0.15) is 25.3 Å². The lowest BCUT2D eigenvalue weighted by Gasteiger charge is -2.23. The maximum atomic E-state index is 12.7. The summed E-state index contributed by atoms with van der Waals surface area (Å²) < 4.78 is 6.66. The van der Waals surface area contributed by atoms with Crippen molar-refractivity contribution in [3.05, 3.63) is 75.6 Å². The van der Waals surface area contributed by atoms with Gasteiger partial charge in [0.15, 0.2) is 0 Å². The van der Waals surface area contributed by atoms with Crippen LogP contribution in [0.3, 0.4) is 0 Å². The third-order valence-electron chi connectivity index (χ3n) is 4.09. The van der Waals surface area contributed by atoms with Gasteiger partial charge in [0.1, 0.15) is 0 Å². The highest BCUT2D eigenvalue weighted by atomic mass is 79.9. The molecular formula is C21H19BrClN3O2. The van der Waals surface area contributed by atoms with Gasteiger partial charge in [-0.05, 0) is 43.7 Å². The number of nitrogens with zero attached hydrogens (tertiary/aromatic N) is 3. The van der Waals surface area contributed by atoms with Gasteiger partial charge >= 0.3 is 0 Å². The standard InChI is InChI=1S/C21H19BrClN3O2/c1-14(2)26(20(27)12-11-15-7-3-5-9-17(15)22)13-19-24-25-21(28-19)16-8-4-6-10-18(16)23/h3-12,14H,13H2,1-2H3. The highest BCUT2D eigenvalue weighted by molar-refractivity contribution is 9.10. The van der Waals surface area contributed by atoms with E-state index in [0.29, 0.717) is 22.4 Å². The van der Waals surface area contributed by atoms with Crippen molar-refractivity contribution in [2.24, 2.45) is 0 Å². The second-order valence-corrected chi connectivity index (χ2v) is 7.66. The summed E-state index contributed by atoms with van der Waals surface area (Å²) in [4.78, 5) is 14.4. The minimum atomic E-state index is -0.136. The molecule has 28 heavy (non-hydrogen) atoms. The van der Waals surface area contributed by atoms with Crippen molar-refractivity contribution >= 4 is 39.5 Å². The number of hydrogen-bond donors (Lipinski definition) is 0. The van der Waals surface area contributed by atoms with Crippen LogP contribution in [0.25, 0.3) is 17.5 Å². The summed E-state index contributed by atoms with van der Waals surface area (Å²) in [5.74, 6) is 0.551. The van der Waals surface area contributed by atoms with Crippen LogP contribution in [0.15, 0.2) is 63.5 Å². The molecule has 0 radical (unpaired) electrons. The van der Waals surface area contributed by atoms with E-state index in [4.69, 9.17) is 16.0 Å². The van der Waals surface area contributed by atoms with Crippen LogP contribution >= 0.6 is 27.5 Å². The first-order valence-electron chi connectivity index (χ1n) is 8.76. The van der Waals surface area contributed by atoms with Gasteiger partial charge in [-0.1, -0.05) is 57.9 Å². The van der Waals surface area contributed by atoms with E-state index in [-0.39, 0.29) is 18.5 Å². The molecule has 1 amide bonds. The second kappa shape index (κ2) is 9.17. The van der Waals surface area contributed by atoms with E-state index in [2.05, 4.69) is 26.1 Å². The maximum absolute atomic E-state index is 12.7. The molecule has 0 N–H and O–H groups in total. The quantitative estimate of drug-likeness (QED) is 0.449. The summed E-state index contributed by atoms with van der Waals surface area (Å²) >= 11 is 9.66. The van der Waals surface area contributed by atoms with Gasteiger partial charge < -0.3 is 9.32 Å². The number of carbonyl (C=O) groups is 1. The van der Waals surface area contributed by atoms with E-state index in [1.807, 2.05) is 56.3 Å².